The van der Waals surface area contributed by atoms with Crippen LogP contribution in [0.25, 0.3) is 5.65 Å². The van der Waals surface area contributed by atoms with E-state index < -0.39 is 0 Å². The second-order valence-corrected chi connectivity index (χ2v) is 6.55. The summed E-state index contributed by atoms with van der Waals surface area (Å²) in [6.45, 7) is 4.08. The van der Waals surface area contributed by atoms with Crippen LogP contribution in [0.15, 0.2) is 42.6 Å². The van der Waals surface area contributed by atoms with Crippen molar-refractivity contribution in [3.63, 3.8) is 0 Å². The number of imidazole rings is 1. The molecule has 0 aliphatic carbocycles. The Morgan fingerprint density at radius 3 is 2.64 bits per heavy atom. The number of aryl methyl sites for hydroxylation is 1. The number of hydrogen-bond acceptors (Lipinski definition) is 4. The van der Waals surface area contributed by atoms with E-state index in [9.17, 15) is 14.3 Å². The number of aromatic nitrogens is 2. The van der Waals surface area contributed by atoms with Gasteiger partial charge in [0.2, 0.25) is 0 Å². The molecule has 0 bridgehead atoms. The molecule has 0 spiro atoms. The summed E-state index contributed by atoms with van der Waals surface area (Å²) in [7, 11) is 0. The smallest absolute Gasteiger partial charge is 0.181 e. The lowest BCUT2D eigenvalue weighted by Gasteiger charge is -2.14. The van der Waals surface area contributed by atoms with E-state index in [0.29, 0.717) is 35.8 Å². The number of nitrogens with zero attached hydrogens (tertiary/aromatic N) is 2. The van der Waals surface area contributed by atoms with Crippen LogP contribution in [0.2, 0.25) is 0 Å². The Balaban J connectivity index is 0.00000280. The van der Waals surface area contributed by atoms with Gasteiger partial charge in [-0.25, -0.2) is 9.37 Å². The van der Waals surface area contributed by atoms with Crippen molar-refractivity contribution in [1.82, 2.24) is 9.38 Å². The minimum Gasteiger partial charge on any atom is -0.490 e. The highest BCUT2D eigenvalue weighted by Crippen LogP contribution is 2.24. The van der Waals surface area contributed by atoms with Crippen molar-refractivity contribution in [1.29, 1.82) is 0 Å². The van der Waals surface area contributed by atoms with Crippen molar-refractivity contribution in [2.45, 2.75) is 26.7 Å². The maximum absolute atomic E-state index is 13.1. The van der Waals surface area contributed by atoms with Crippen molar-refractivity contribution < 1.29 is 19.0 Å². The van der Waals surface area contributed by atoms with E-state index in [1.54, 1.807) is 29.7 Å². The average molecular weight is 407 g/mol. The van der Waals surface area contributed by atoms with Gasteiger partial charge >= 0.3 is 0 Å². The van der Waals surface area contributed by atoms with Gasteiger partial charge in [0, 0.05) is 19.2 Å². The molecule has 1 atom stereocenters. The lowest BCUT2D eigenvalue weighted by molar-refractivity contribution is 0.0929. The molecule has 3 rings (SSSR count). The molecular weight excluding hydrogens is 383 g/mol. The molecule has 0 saturated carbocycles. The van der Waals surface area contributed by atoms with Gasteiger partial charge in [-0.2, -0.15) is 0 Å². The second kappa shape index (κ2) is 9.66. The number of carbonyl (C=O) groups is 1. The number of aliphatic hydroxyl groups excluding tert-OH is 1. The number of ketones is 1. The lowest BCUT2D eigenvalue weighted by atomic mass is 9.94. The third-order valence-electron chi connectivity index (χ3n) is 4.52. The summed E-state index contributed by atoms with van der Waals surface area (Å²) in [5.74, 6) is -0.00759. The molecule has 1 N–H and O–H groups in total. The zero-order valence-corrected chi connectivity index (χ0v) is 16.7. The molecule has 0 saturated heterocycles. The van der Waals surface area contributed by atoms with Gasteiger partial charge in [-0.1, -0.05) is 12.1 Å². The first-order valence-electron chi connectivity index (χ1n) is 9.02. The number of Topliss-reactive ketones (excluding diaryl/α,β-unsaturated/α-hetero) is 1. The molecule has 2 aromatic heterocycles. The fourth-order valence-electron chi connectivity index (χ4n) is 3.27. The molecule has 0 aliphatic rings. The number of hydrogen-bond donors (Lipinski definition) is 1. The monoisotopic (exact) mass is 406 g/mol. The van der Waals surface area contributed by atoms with Crippen molar-refractivity contribution in [2.24, 2.45) is 5.92 Å². The molecule has 5 nitrogen and oxygen atoms in total. The summed E-state index contributed by atoms with van der Waals surface area (Å²) in [5, 5.41) is 9.72. The number of pyridine rings is 1. The quantitative estimate of drug-likeness (QED) is 0.574. The van der Waals surface area contributed by atoms with Crippen molar-refractivity contribution >= 4 is 23.8 Å². The number of carbonyl (C=O) groups excluding carboxylic acids is 1. The molecule has 7 heteroatoms. The van der Waals surface area contributed by atoms with Crippen LogP contribution in [0.5, 0.6) is 5.75 Å². The Morgan fingerprint density at radius 1 is 1.29 bits per heavy atom. The fourth-order valence-corrected chi connectivity index (χ4v) is 3.27. The Morgan fingerprint density at radius 2 is 2.00 bits per heavy atom. The minimum atomic E-state index is -0.304. The highest BCUT2D eigenvalue weighted by atomic mass is 35.5. The van der Waals surface area contributed by atoms with Gasteiger partial charge in [0.05, 0.1) is 12.3 Å². The standard InChI is InChI=1S/C21H23FN2O3.ClH/c1-3-27-19-5-4-10-24-20(14(2)23-21(19)24)18(26)12-16(13-25)11-15-6-8-17(22)9-7-15;/h4-10,16,25H,3,11-13H2,1-2H3;1H/t16-;/m0./s1. The largest absolute Gasteiger partial charge is 0.490 e. The first-order chi connectivity index (χ1) is 13.0. The zero-order chi connectivity index (χ0) is 19.4. The Bertz CT molecular complexity index is 941. The van der Waals surface area contributed by atoms with Gasteiger partial charge in [-0.15, -0.1) is 12.4 Å². The van der Waals surface area contributed by atoms with Crippen LogP contribution in [0.1, 0.15) is 35.1 Å². The van der Waals surface area contributed by atoms with Crippen LogP contribution >= 0.6 is 12.4 Å². The van der Waals surface area contributed by atoms with Crippen molar-refractivity contribution in [3.05, 3.63) is 65.4 Å². The number of ether oxygens (including phenoxy) is 1. The molecule has 0 aliphatic heterocycles. The topological polar surface area (TPSA) is 63.8 Å². The molecule has 0 unspecified atom stereocenters. The van der Waals surface area contributed by atoms with Gasteiger partial charge < -0.3 is 9.84 Å². The molecule has 28 heavy (non-hydrogen) atoms. The van der Waals surface area contributed by atoms with E-state index >= 15 is 0 Å². The normalized spacial score (nSPS) is 11.9. The van der Waals surface area contributed by atoms with E-state index in [1.165, 1.54) is 12.1 Å². The van der Waals surface area contributed by atoms with Gasteiger partial charge in [-0.05, 0) is 56.0 Å². The summed E-state index contributed by atoms with van der Waals surface area (Å²) in [6.07, 6.45) is 2.48. The highest BCUT2D eigenvalue weighted by molar-refractivity contribution is 5.96. The minimum absolute atomic E-state index is 0. The third-order valence-corrected chi connectivity index (χ3v) is 4.52. The predicted octanol–water partition coefficient (Wildman–Crippen LogP) is 4.03. The van der Waals surface area contributed by atoms with E-state index in [2.05, 4.69) is 4.98 Å². The van der Waals surface area contributed by atoms with Gasteiger partial charge in [-0.3, -0.25) is 9.20 Å². The Hall–Kier alpha value is -2.44. The molecule has 0 fully saturated rings. The molecule has 0 amide bonds. The lowest BCUT2D eigenvalue weighted by Crippen LogP contribution is -2.17. The summed E-state index contributed by atoms with van der Waals surface area (Å²) in [4.78, 5) is 17.4. The summed E-state index contributed by atoms with van der Waals surface area (Å²) in [6, 6.07) is 9.76. The first-order valence-corrected chi connectivity index (χ1v) is 9.02. The number of halogens is 2. The molecule has 150 valence electrons. The highest BCUT2D eigenvalue weighted by Gasteiger charge is 2.22. The number of fused-ring (bicyclic) bond motifs is 1. The molecule has 1 aromatic carbocycles. The van der Waals surface area contributed by atoms with Crippen LogP contribution < -0.4 is 4.74 Å². The zero-order valence-electron chi connectivity index (χ0n) is 15.9. The molecule has 0 radical (unpaired) electrons. The Kier molecular flexibility index (Phi) is 7.54. The second-order valence-electron chi connectivity index (χ2n) is 6.55. The van der Waals surface area contributed by atoms with E-state index in [1.807, 2.05) is 19.1 Å². The summed E-state index contributed by atoms with van der Waals surface area (Å²) < 4.78 is 20.4. The Labute approximate surface area is 169 Å². The molecular formula is C21H24ClFN2O3. The number of aliphatic hydroxyl groups is 1. The number of rotatable bonds is 8. The summed E-state index contributed by atoms with van der Waals surface area (Å²) in [5.41, 5.74) is 2.63. The SMILES string of the molecule is CCOc1cccn2c(C(=O)C[C@@H](CO)Cc3ccc(F)cc3)c(C)nc12.Cl. The average Bonchev–Trinajstić information content (AvgIpc) is 3.00. The van der Waals surface area contributed by atoms with Gasteiger partial charge in [0.25, 0.3) is 0 Å². The maximum atomic E-state index is 13.1. The van der Waals surface area contributed by atoms with Gasteiger partial charge in [0.15, 0.2) is 17.2 Å². The van der Waals surface area contributed by atoms with Crippen LogP contribution in [0.3, 0.4) is 0 Å². The van der Waals surface area contributed by atoms with Crippen LogP contribution in [0.4, 0.5) is 4.39 Å². The van der Waals surface area contributed by atoms with Crippen LogP contribution in [-0.4, -0.2) is 33.5 Å². The third kappa shape index (κ3) is 4.69. The van der Waals surface area contributed by atoms with E-state index in [-0.39, 0.29) is 43.0 Å². The molecule has 2 heterocycles. The van der Waals surface area contributed by atoms with E-state index in [4.69, 9.17) is 4.74 Å². The maximum Gasteiger partial charge on any atom is 0.181 e. The first kappa shape index (κ1) is 21.9. The van der Waals surface area contributed by atoms with E-state index in [0.717, 1.165) is 5.56 Å². The predicted molar refractivity (Wildman–Crippen MR) is 108 cm³/mol. The van der Waals surface area contributed by atoms with Crippen LogP contribution in [-0.2, 0) is 6.42 Å². The van der Waals surface area contributed by atoms with Crippen molar-refractivity contribution in [3.8, 4) is 5.75 Å². The summed E-state index contributed by atoms with van der Waals surface area (Å²) >= 11 is 0. The fraction of sp³-hybridized carbons (Fsp3) is 0.333. The molecule has 3 aromatic rings. The van der Waals surface area contributed by atoms with Crippen LogP contribution in [0, 0.1) is 18.7 Å². The number of benzene rings is 1. The van der Waals surface area contributed by atoms with Crippen molar-refractivity contribution in [2.75, 3.05) is 13.2 Å². The van der Waals surface area contributed by atoms with Gasteiger partial charge in [0.1, 0.15) is 11.5 Å².